The second-order valence-corrected chi connectivity index (χ2v) is 6.87. The monoisotopic (exact) mass is 327 g/mol. The van der Waals surface area contributed by atoms with Gasteiger partial charge in [-0.05, 0) is 50.2 Å². The Morgan fingerprint density at radius 2 is 2.00 bits per heavy atom. The van der Waals surface area contributed by atoms with Gasteiger partial charge in [-0.2, -0.15) is 10.2 Å². The largest absolute Gasteiger partial charge is 0.303 e. The molecule has 1 aromatic carbocycles. The van der Waals surface area contributed by atoms with Gasteiger partial charge < -0.3 is 4.90 Å². The third-order valence-electron chi connectivity index (χ3n) is 5.04. The van der Waals surface area contributed by atoms with Crippen LogP contribution in [-0.4, -0.2) is 50.8 Å². The molecule has 0 bridgehead atoms. The van der Waals surface area contributed by atoms with E-state index in [2.05, 4.69) is 34.2 Å². The SMILES string of the molecule is Cc1cc2cnn(-c3cnn(C)c3)c2cc1[C@@H]1CCN(C)C[C@@H]1F. The Kier molecular flexibility index (Phi) is 3.64. The summed E-state index contributed by atoms with van der Waals surface area (Å²) in [5.41, 5.74) is 4.18. The Hall–Kier alpha value is -2.21. The lowest BCUT2D eigenvalue weighted by Crippen LogP contribution is -2.38. The fourth-order valence-electron chi connectivity index (χ4n) is 3.73. The first-order valence-electron chi connectivity index (χ1n) is 8.33. The van der Waals surface area contributed by atoms with Gasteiger partial charge in [-0.1, -0.05) is 0 Å². The lowest BCUT2D eigenvalue weighted by atomic mass is 9.85. The number of aromatic nitrogens is 4. The van der Waals surface area contributed by atoms with Crippen molar-refractivity contribution in [1.82, 2.24) is 24.5 Å². The van der Waals surface area contributed by atoms with E-state index < -0.39 is 6.17 Å². The van der Waals surface area contributed by atoms with Crippen molar-refractivity contribution in [1.29, 1.82) is 0 Å². The maximum Gasteiger partial charge on any atom is 0.120 e. The van der Waals surface area contributed by atoms with Crippen molar-refractivity contribution in [2.24, 2.45) is 7.05 Å². The van der Waals surface area contributed by atoms with Crippen LogP contribution in [0.1, 0.15) is 23.5 Å². The van der Waals surface area contributed by atoms with Crippen molar-refractivity contribution < 1.29 is 4.39 Å². The minimum atomic E-state index is -0.824. The van der Waals surface area contributed by atoms with E-state index in [0.717, 1.165) is 40.7 Å². The van der Waals surface area contributed by atoms with Crippen LogP contribution in [0.2, 0.25) is 0 Å². The van der Waals surface area contributed by atoms with Gasteiger partial charge in [0.05, 0.1) is 24.1 Å². The summed E-state index contributed by atoms with van der Waals surface area (Å²) in [5.74, 6) is -0.0390. The molecule has 0 radical (unpaired) electrons. The Morgan fingerprint density at radius 1 is 1.17 bits per heavy atom. The van der Waals surface area contributed by atoms with Crippen LogP contribution in [0.25, 0.3) is 16.6 Å². The van der Waals surface area contributed by atoms with Crippen LogP contribution >= 0.6 is 0 Å². The molecule has 5 nitrogen and oxygen atoms in total. The highest BCUT2D eigenvalue weighted by atomic mass is 19.1. The molecule has 3 aromatic rings. The summed E-state index contributed by atoms with van der Waals surface area (Å²) in [7, 11) is 3.87. The second kappa shape index (κ2) is 5.70. The molecule has 3 heterocycles. The smallest absolute Gasteiger partial charge is 0.120 e. The standard InChI is InChI=1S/C18H22FN5/c1-12-6-13-8-21-24(14-9-20-23(3)10-14)18(13)7-16(12)15-4-5-22(2)11-17(15)19/h6-10,15,17H,4-5,11H2,1-3H3/t15-,17-/m0/s1. The topological polar surface area (TPSA) is 38.9 Å². The Labute approximate surface area is 140 Å². The molecule has 2 atom stereocenters. The van der Waals surface area contributed by atoms with Gasteiger partial charge in [-0.25, -0.2) is 9.07 Å². The van der Waals surface area contributed by atoms with E-state index in [9.17, 15) is 4.39 Å². The number of aryl methyl sites for hydroxylation is 2. The molecule has 0 N–H and O–H groups in total. The van der Waals surface area contributed by atoms with Crippen LogP contribution in [0.4, 0.5) is 4.39 Å². The summed E-state index contributed by atoms with van der Waals surface area (Å²) in [4.78, 5) is 2.06. The van der Waals surface area contributed by atoms with Gasteiger partial charge in [0.25, 0.3) is 0 Å². The van der Waals surface area contributed by atoms with Gasteiger partial charge >= 0.3 is 0 Å². The minimum Gasteiger partial charge on any atom is -0.303 e. The lowest BCUT2D eigenvalue weighted by Gasteiger charge is -2.33. The van der Waals surface area contributed by atoms with Crippen LogP contribution in [0.3, 0.4) is 0 Å². The molecular formula is C18H22FN5. The molecule has 0 spiro atoms. The van der Waals surface area contributed by atoms with Crippen molar-refractivity contribution in [2.45, 2.75) is 25.4 Å². The van der Waals surface area contributed by atoms with E-state index in [4.69, 9.17) is 0 Å². The molecule has 0 saturated carbocycles. The number of alkyl halides is 1. The van der Waals surface area contributed by atoms with Crippen LogP contribution in [-0.2, 0) is 7.05 Å². The highest BCUT2D eigenvalue weighted by Crippen LogP contribution is 2.34. The van der Waals surface area contributed by atoms with Gasteiger partial charge in [0.15, 0.2) is 0 Å². The molecule has 0 aliphatic carbocycles. The van der Waals surface area contributed by atoms with Gasteiger partial charge in [0, 0.05) is 24.9 Å². The second-order valence-electron chi connectivity index (χ2n) is 6.87. The molecule has 126 valence electrons. The number of halogens is 1. The summed E-state index contributed by atoms with van der Waals surface area (Å²) >= 11 is 0. The van der Waals surface area contributed by atoms with Crippen LogP contribution in [0.15, 0.2) is 30.7 Å². The first-order chi connectivity index (χ1) is 11.5. The van der Waals surface area contributed by atoms with Crippen molar-refractivity contribution in [3.05, 3.63) is 41.9 Å². The van der Waals surface area contributed by atoms with Crippen LogP contribution in [0.5, 0.6) is 0 Å². The number of benzene rings is 1. The molecule has 1 saturated heterocycles. The van der Waals surface area contributed by atoms with Gasteiger partial charge in [0.1, 0.15) is 11.9 Å². The normalized spacial score (nSPS) is 22.3. The first-order valence-corrected chi connectivity index (χ1v) is 8.33. The zero-order valence-electron chi connectivity index (χ0n) is 14.3. The van der Waals surface area contributed by atoms with E-state index in [1.165, 1.54) is 0 Å². The van der Waals surface area contributed by atoms with E-state index in [-0.39, 0.29) is 5.92 Å². The predicted molar refractivity (Wildman–Crippen MR) is 92.3 cm³/mol. The Balaban J connectivity index is 1.80. The highest BCUT2D eigenvalue weighted by Gasteiger charge is 2.30. The zero-order chi connectivity index (χ0) is 16.8. The fraction of sp³-hybridized carbons (Fsp3) is 0.444. The van der Waals surface area contributed by atoms with Crippen molar-refractivity contribution in [3.8, 4) is 5.69 Å². The first kappa shape index (κ1) is 15.3. The van der Waals surface area contributed by atoms with Gasteiger partial charge in [0.2, 0.25) is 0 Å². The third-order valence-corrected chi connectivity index (χ3v) is 5.04. The number of hydrogen-bond acceptors (Lipinski definition) is 3. The number of hydrogen-bond donors (Lipinski definition) is 0. The van der Waals surface area contributed by atoms with Crippen LogP contribution < -0.4 is 0 Å². The average molecular weight is 327 g/mol. The fourth-order valence-corrected chi connectivity index (χ4v) is 3.73. The molecule has 24 heavy (non-hydrogen) atoms. The van der Waals surface area contributed by atoms with E-state index >= 15 is 0 Å². The molecule has 2 aromatic heterocycles. The maximum atomic E-state index is 14.6. The van der Waals surface area contributed by atoms with Crippen LogP contribution in [0, 0.1) is 6.92 Å². The number of piperidine rings is 1. The van der Waals surface area contributed by atoms with Gasteiger partial charge in [-0.15, -0.1) is 0 Å². The molecule has 0 amide bonds. The molecule has 1 aliphatic rings. The molecule has 1 aliphatic heterocycles. The summed E-state index contributed by atoms with van der Waals surface area (Å²) in [6.45, 7) is 3.51. The molecule has 6 heteroatoms. The Bertz CT molecular complexity index is 881. The molecular weight excluding hydrogens is 305 g/mol. The Morgan fingerprint density at radius 3 is 2.71 bits per heavy atom. The average Bonchev–Trinajstić information content (AvgIpc) is 3.12. The summed E-state index contributed by atoms with van der Waals surface area (Å²) in [6, 6.07) is 4.24. The quantitative estimate of drug-likeness (QED) is 0.726. The number of rotatable bonds is 2. The molecule has 0 unspecified atom stereocenters. The lowest BCUT2D eigenvalue weighted by molar-refractivity contribution is 0.139. The van der Waals surface area contributed by atoms with Crippen molar-refractivity contribution in [2.75, 3.05) is 20.1 Å². The zero-order valence-corrected chi connectivity index (χ0v) is 14.3. The summed E-state index contributed by atoms with van der Waals surface area (Å²) in [5, 5.41) is 9.79. The summed E-state index contributed by atoms with van der Waals surface area (Å²) < 4.78 is 18.3. The minimum absolute atomic E-state index is 0.0390. The third kappa shape index (κ3) is 2.51. The van der Waals surface area contributed by atoms with Crippen molar-refractivity contribution >= 4 is 10.9 Å². The van der Waals surface area contributed by atoms with Gasteiger partial charge in [-0.3, -0.25) is 4.68 Å². The van der Waals surface area contributed by atoms with E-state index in [0.29, 0.717) is 6.54 Å². The summed E-state index contributed by atoms with van der Waals surface area (Å²) in [6.07, 6.45) is 5.61. The predicted octanol–water partition coefficient (Wildman–Crippen LogP) is 2.82. The van der Waals surface area contributed by atoms with E-state index in [1.54, 1.807) is 10.9 Å². The number of fused-ring (bicyclic) bond motifs is 1. The van der Waals surface area contributed by atoms with Crippen molar-refractivity contribution in [3.63, 3.8) is 0 Å². The number of likely N-dealkylation sites (tertiary alicyclic amines) is 1. The maximum absolute atomic E-state index is 14.6. The number of nitrogens with zero attached hydrogens (tertiary/aromatic N) is 5. The van der Waals surface area contributed by atoms with E-state index in [1.807, 2.05) is 31.2 Å². The highest BCUT2D eigenvalue weighted by molar-refractivity contribution is 5.82. The molecule has 1 fully saturated rings. The molecule has 4 rings (SSSR count).